The van der Waals surface area contributed by atoms with Gasteiger partial charge in [-0.25, -0.2) is 27.5 Å². The van der Waals surface area contributed by atoms with Crippen LogP contribution in [0.15, 0.2) is 29.2 Å². The van der Waals surface area contributed by atoms with E-state index in [0.29, 0.717) is 11.6 Å². The Morgan fingerprint density at radius 2 is 1.96 bits per heavy atom. The number of aryl methyl sites for hydroxylation is 1. The van der Waals surface area contributed by atoms with Crippen LogP contribution in [0.4, 0.5) is 10.3 Å². The molecule has 1 N–H and O–H groups in total. The van der Waals surface area contributed by atoms with Gasteiger partial charge >= 0.3 is 0 Å². The van der Waals surface area contributed by atoms with E-state index in [1.807, 2.05) is 6.92 Å². The first-order valence-electron chi connectivity index (χ1n) is 8.32. The molecule has 0 radical (unpaired) electrons. The number of sulfonamides is 1. The van der Waals surface area contributed by atoms with E-state index >= 15 is 0 Å². The molecule has 1 fully saturated rings. The van der Waals surface area contributed by atoms with Crippen molar-refractivity contribution >= 4 is 16.0 Å². The van der Waals surface area contributed by atoms with Gasteiger partial charge < -0.3 is 9.64 Å². The van der Waals surface area contributed by atoms with Crippen molar-refractivity contribution in [1.29, 1.82) is 0 Å². The van der Waals surface area contributed by atoms with Crippen LogP contribution < -0.4 is 14.4 Å². The van der Waals surface area contributed by atoms with Crippen molar-refractivity contribution in [3.05, 3.63) is 41.5 Å². The number of nitrogens with one attached hydrogen (secondary N) is 1. The van der Waals surface area contributed by atoms with Crippen LogP contribution in [0.5, 0.6) is 5.75 Å². The number of aromatic nitrogens is 2. The van der Waals surface area contributed by atoms with Crippen molar-refractivity contribution in [2.24, 2.45) is 0 Å². The SMILES string of the molecule is COc1ccc(F)cc1S(=O)(=O)NCc1cc(C)nc(N2CCCC2)n1. The molecule has 1 aromatic heterocycles. The molecular formula is C17H21FN4O3S. The molecule has 0 unspecified atom stereocenters. The van der Waals surface area contributed by atoms with E-state index in [1.165, 1.54) is 13.2 Å². The molecule has 0 bridgehead atoms. The summed E-state index contributed by atoms with van der Waals surface area (Å²) in [7, 11) is -2.62. The zero-order valence-corrected chi connectivity index (χ0v) is 15.5. The Morgan fingerprint density at radius 3 is 2.65 bits per heavy atom. The van der Waals surface area contributed by atoms with E-state index in [2.05, 4.69) is 19.6 Å². The van der Waals surface area contributed by atoms with Gasteiger partial charge in [-0.1, -0.05) is 0 Å². The average Bonchev–Trinajstić information content (AvgIpc) is 3.14. The third-order valence-electron chi connectivity index (χ3n) is 4.14. The number of ether oxygens (including phenoxy) is 1. The summed E-state index contributed by atoms with van der Waals surface area (Å²) in [5.74, 6) is 0.0379. The van der Waals surface area contributed by atoms with Gasteiger partial charge in [0.2, 0.25) is 16.0 Å². The lowest BCUT2D eigenvalue weighted by Gasteiger charge is -2.17. The predicted octanol–water partition coefficient (Wildman–Crippen LogP) is 2.01. The Hall–Kier alpha value is -2.26. The van der Waals surface area contributed by atoms with Gasteiger partial charge in [-0.3, -0.25) is 0 Å². The second-order valence-electron chi connectivity index (χ2n) is 6.11. The molecule has 9 heteroatoms. The maximum Gasteiger partial charge on any atom is 0.244 e. The molecule has 1 saturated heterocycles. The van der Waals surface area contributed by atoms with Gasteiger partial charge in [0.05, 0.1) is 19.3 Å². The van der Waals surface area contributed by atoms with Crippen LogP contribution in [0.3, 0.4) is 0 Å². The monoisotopic (exact) mass is 380 g/mol. The van der Waals surface area contributed by atoms with E-state index in [0.717, 1.165) is 43.8 Å². The van der Waals surface area contributed by atoms with Crippen molar-refractivity contribution in [1.82, 2.24) is 14.7 Å². The third-order valence-corrected chi connectivity index (χ3v) is 5.57. The summed E-state index contributed by atoms with van der Waals surface area (Å²) in [5, 5.41) is 0. The molecule has 140 valence electrons. The van der Waals surface area contributed by atoms with E-state index in [9.17, 15) is 12.8 Å². The number of anilines is 1. The summed E-state index contributed by atoms with van der Waals surface area (Å²) in [5.41, 5.74) is 1.32. The van der Waals surface area contributed by atoms with Crippen molar-refractivity contribution in [3.63, 3.8) is 0 Å². The largest absolute Gasteiger partial charge is 0.495 e. The third kappa shape index (κ3) is 4.10. The summed E-state index contributed by atoms with van der Waals surface area (Å²) in [6.07, 6.45) is 2.19. The Kier molecular flexibility index (Phi) is 5.38. The van der Waals surface area contributed by atoms with E-state index < -0.39 is 15.8 Å². The molecule has 1 aliphatic heterocycles. The fourth-order valence-electron chi connectivity index (χ4n) is 2.87. The van der Waals surface area contributed by atoms with Crippen LogP contribution in [0.1, 0.15) is 24.2 Å². The molecule has 0 atom stereocenters. The van der Waals surface area contributed by atoms with Crippen LogP contribution in [0.25, 0.3) is 0 Å². The summed E-state index contributed by atoms with van der Waals surface area (Å²) in [6.45, 7) is 3.62. The number of halogens is 1. The smallest absolute Gasteiger partial charge is 0.244 e. The minimum absolute atomic E-state index is 0.0216. The van der Waals surface area contributed by atoms with Crippen LogP contribution in [-0.2, 0) is 16.6 Å². The highest BCUT2D eigenvalue weighted by molar-refractivity contribution is 7.89. The quantitative estimate of drug-likeness (QED) is 0.825. The minimum Gasteiger partial charge on any atom is -0.495 e. The summed E-state index contributed by atoms with van der Waals surface area (Å²) in [4.78, 5) is 10.7. The normalized spacial score (nSPS) is 14.7. The predicted molar refractivity (Wildman–Crippen MR) is 95.2 cm³/mol. The maximum absolute atomic E-state index is 13.5. The van der Waals surface area contributed by atoms with Crippen LogP contribution in [-0.4, -0.2) is 38.6 Å². The first kappa shape index (κ1) is 18.5. The molecule has 26 heavy (non-hydrogen) atoms. The molecule has 0 spiro atoms. The number of methoxy groups -OCH3 is 1. The number of rotatable bonds is 6. The maximum atomic E-state index is 13.5. The molecule has 0 amide bonds. The van der Waals surface area contributed by atoms with E-state index in [1.54, 1.807) is 6.07 Å². The van der Waals surface area contributed by atoms with Gasteiger partial charge in [-0.2, -0.15) is 0 Å². The fourth-order valence-corrected chi connectivity index (χ4v) is 4.05. The van der Waals surface area contributed by atoms with Gasteiger partial charge in [-0.15, -0.1) is 0 Å². The van der Waals surface area contributed by atoms with E-state index in [4.69, 9.17) is 4.74 Å². The fraction of sp³-hybridized carbons (Fsp3) is 0.412. The summed E-state index contributed by atoms with van der Waals surface area (Å²) < 4.78 is 46.1. The number of hydrogen-bond acceptors (Lipinski definition) is 6. The molecule has 2 heterocycles. The average molecular weight is 380 g/mol. The van der Waals surface area contributed by atoms with Crippen LogP contribution >= 0.6 is 0 Å². The lowest BCUT2D eigenvalue weighted by atomic mass is 10.3. The lowest BCUT2D eigenvalue weighted by Crippen LogP contribution is -2.26. The molecule has 0 saturated carbocycles. The number of benzene rings is 1. The van der Waals surface area contributed by atoms with Crippen molar-refractivity contribution in [3.8, 4) is 5.75 Å². The van der Waals surface area contributed by atoms with Gasteiger partial charge in [-0.05, 0) is 44.0 Å². The first-order chi connectivity index (χ1) is 12.4. The zero-order chi connectivity index (χ0) is 18.7. The van der Waals surface area contributed by atoms with Gasteiger partial charge in [0, 0.05) is 18.8 Å². The molecule has 0 aliphatic carbocycles. The van der Waals surface area contributed by atoms with Crippen LogP contribution in [0.2, 0.25) is 0 Å². The molecule has 1 aliphatic rings. The van der Waals surface area contributed by atoms with Crippen LogP contribution in [0, 0.1) is 12.7 Å². The standard InChI is InChI=1S/C17H21FN4O3S/c1-12-9-14(21-17(20-12)22-7-3-4-8-22)11-19-26(23,24)16-10-13(18)5-6-15(16)25-2/h5-6,9-10,19H,3-4,7-8,11H2,1-2H3. The Bertz CT molecular complexity index is 899. The minimum atomic E-state index is -3.96. The van der Waals surface area contributed by atoms with E-state index in [-0.39, 0.29) is 17.2 Å². The molecular weight excluding hydrogens is 359 g/mol. The Labute approximate surface area is 152 Å². The lowest BCUT2D eigenvalue weighted by molar-refractivity contribution is 0.400. The first-order valence-corrected chi connectivity index (χ1v) is 9.80. The molecule has 3 rings (SSSR count). The number of nitrogens with zero attached hydrogens (tertiary/aromatic N) is 3. The Morgan fingerprint density at radius 1 is 1.23 bits per heavy atom. The summed E-state index contributed by atoms with van der Waals surface area (Å²) >= 11 is 0. The highest BCUT2D eigenvalue weighted by Crippen LogP contribution is 2.24. The van der Waals surface area contributed by atoms with Crippen molar-refractivity contribution < 1.29 is 17.5 Å². The highest BCUT2D eigenvalue weighted by Gasteiger charge is 2.21. The van der Waals surface area contributed by atoms with Crippen molar-refractivity contribution in [2.75, 3.05) is 25.1 Å². The summed E-state index contributed by atoms with van der Waals surface area (Å²) in [6, 6.07) is 5.09. The molecule has 2 aromatic rings. The van der Waals surface area contributed by atoms with Crippen molar-refractivity contribution in [2.45, 2.75) is 31.2 Å². The second kappa shape index (κ2) is 7.55. The second-order valence-corrected chi connectivity index (χ2v) is 7.85. The Balaban J connectivity index is 1.81. The number of hydrogen-bond donors (Lipinski definition) is 1. The molecule has 1 aromatic carbocycles. The van der Waals surface area contributed by atoms with Gasteiger partial charge in [0.1, 0.15) is 16.5 Å². The van der Waals surface area contributed by atoms with Gasteiger partial charge in [0.15, 0.2) is 0 Å². The van der Waals surface area contributed by atoms with Gasteiger partial charge in [0.25, 0.3) is 0 Å². The highest BCUT2D eigenvalue weighted by atomic mass is 32.2. The molecule has 7 nitrogen and oxygen atoms in total. The topological polar surface area (TPSA) is 84.4 Å². The zero-order valence-electron chi connectivity index (χ0n) is 14.7.